The molecule has 0 aliphatic carbocycles. The number of rotatable bonds is 4. The van der Waals surface area contributed by atoms with Gasteiger partial charge in [0.1, 0.15) is 0 Å². The molecule has 0 saturated heterocycles. The number of benzene rings is 1. The average molecular weight is 211 g/mol. The van der Waals surface area contributed by atoms with E-state index in [0.717, 1.165) is 5.56 Å². The number of pyridine rings is 1. The Morgan fingerprint density at radius 2 is 1.81 bits per heavy atom. The summed E-state index contributed by atoms with van der Waals surface area (Å²) < 4.78 is 0. The van der Waals surface area contributed by atoms with Crippen LogP contribution in [0.1, 0.15) is 11.1 Å². The van der Waals surface area contributed by atoms with Crippen molar-refractivity contribution in [3.63, 3.8) is 0 Å². The molecular weight excluding hydrogens is 198 g/mol. The van der Waals surface area contributed by atoms with Crippen molar-refractivity contribution in [1.29, 1.82) is 0 Å². The molecule has 1 aromatic heterocycles. The lowest BCUT2D eigenvalue weighted by Crippen LogP contribution is -2.05. The highest BCUT2D eigenvalue weighted by Gasteiger charge is 1.88. The predicted molar refractivity (Wildman–Crippen MR) is 65.1 cm³/mol. The monoisotopic (exact) mass is 211 g/mol. The molecule has 0 spiro atoms. The summed E-state index contributed by atoms with van der Waals surface area (Å²) in [5.74, 6) is 0. The van der Waals surface area contributed by atoms with E-state index in [1.54, 1.807) is 18.6 Å². The van der Waals surface area contributed by atoms with Gasteiger partial charge in [-0.05, 0) is 23.3 Å². The molecule has 0 amide bonds. The first-order valence-corrected chi connectivity index (χ1v) is 5.15. The third-order valence-electron chi connectivity index (χ3n) is 2.14. The van der Waals surface area contributed by atoms with Gasteiger partial charge in [-0.2, -0.15) is 5.10 Å². The molecule has 16 heavy (non-hydrogen) atoms. The van der Waals surface area contributed by atoms with E-state index in [1.807, 2.05) is 42.5 Å². The summed E-state index contributed by atoms with van der Waals surface area (Å²) >= 11 is 0. The van der Waals surface area contributed by atoms with Gasteiger partial charge in [0.2, 0.25) is 0 Å². The number of aromatic nitrogens is 1. The molecule has 3 heteroatoms. The molecule has 0 radical (unpaired) electrons. The summed E-state index contributed by atoms with van der Waals surface area (Å²) in [4.78, 5) is 3.96. The summed E-state index contributed by atoms with van der Waals surface area (Å²) in [6.07, 6.45) is 5.36. The largest absolute Gasteiger partial charge is 0.306 e. The molecule has 1 heterocycles. The second-order valence-electron chi connectivity index (χ2n) is 3.36. The van der Waals surface area contributed by atoms with Gasteiger partial charge in [0.15, 0.2) is 0 Å². The van der Waals surface area contributed by atoms with Crippen LogP contribution in [-0.2, 0) is 6.54 Å². The molecule has 1 N–H and O–H groups in total. The van der Waals surface area contributed by atoms with Crippen molar-refractivity contribution < 1.29 is 0 Å². The molecule has 0 atom stereocenters. The highest BCUT2D eigenvalue weighted by atomic mass is 15.3. The Hall–Kier alpha value is -2.16. The number of hydrogen-bond acceptors (Lipinski definition) is 3. The fourth-order valence-electron chi connectivity index (χ4n) is 1.30. The Kier molecular flexibility index (Phi) is 3.66. The molecule has 0 bridgehead atoms. The summed E-state index contributed by atoms with van der Waals surface area (Å²) in [6, 6.07) is 13.9. The maximum atomic E-state index is 4.14. The number of nitrogens with zero attached hydrogens (tertiary/aromatic N) is 2. The van der Waals surface area contributed by atoms with Crippen molar-refractivity contribution in [2.45, 2.75) is 6.54 Å². The second kappa shape index (κ2) is 5.66. The lowest BCUT2D eigenvalue weighted by molar-refractivity contribution is 0.747. The Labute approximate surface area is 94.9 Å². The van der Waals surface area contributed by atoms with Crippen LogP contribution in [0.15, 0.2) is 60.0 Å². The van der Waals surface area contributed by atoms with E-state index in [0.29, 0.717) is 6.54 Å². The summed E-state index contributed by atoms with van der Waals surface area (Å²) in [6.45, 7) is 0.714. The highest BCUT2D eigenvalue weighted by molar-refractivity contribution is 5.79. The normalized spacial score (nSPS) is 10.5. The van der Waals surface area contributed by atoms with Crippen LogP contribution in [0.5, 0.6) is 0 Å². The SMILES string of the molecule is C(=NNCc1ccncc1)c1ccccc1. The minimum Gasteiger partial charge on any atom is -0.306 e. The topological polar surface area (TPSA) is 37.3 Å². The molecule has 1 aromatic carbocycles. The summed E-state index contributed by atoms with van der Waals surface area (Å²) in [5, 5.41) is 4.14. The maximum absolute atomic E-state index is 4.14. The van der Waals surface area contributed by atoms with E-state index in [2.05, 4.69) is 15.5 Å². The van der Waals surface area contributed by atoms with E-state index in [1.165, 1.54) is 5.56 Å². The van der Waals surface area contributed by atoms with Crippen LogP contribution in [-0.4, -0.2) is 11.2 Å². The zero-order valence-corrected chi connectivity index (χ0v) is 8.88. The van der Waals surface area contributed by atoms with Gasteiger partial charge in [0.05, 0.1) is 12.8 Å². The van der Waals surface area contributed by atoms with Gasteiger partial charge in [-0.3, -0.25) is 4.98 Å². The fourth-order valence-corrected chi connectivity index (χ4v) is 1.30. The van der Waals surface area contributed by atoms with Crippen molar-refractivity contribution in [3.05, 3.63) is 66.0 Å². The van der Waals surface area contributed by atoms with Crippen molar-refractivity contribution in [1.82, 2.24) is 10.4 Å². The van der Waals surface area contributed by atoms with Gasteiger partial charge >= 0.3 is 0 Å². The van der Waals surface area contributed by atoms with Crippen molar-refractivity contribution in [2.75, 3.05) is 0 Å². The van der Waals surface area contributed by atoms with Crippen molar-refractivity contribution >= 4 is 6.21 Å². The minimum atomic E-state index is 0.714. The van der Waals surface area contributed by atoms with E-state index >= 15 is 0 Å². The molecule has 0 saturated carbocycles. The van der Waals surface area contributed by atoms with Crippen LogP contribution in [0.4, 0.5) is 0 Å². The molecule has 2 aromatic rings. The van der Waals surface area contributed by atoms with E-state index in [9.17, 15) is 0 Å². The zero-order valence-electron chi connectivity index (χ0n) is 8.88. The van der Waals surface area contributed by atoms with Crippen molar-refractivity contribution in [3.8, 4) is 0 Å². The summed E-state index contributed by atoms with van der Waals surface area (Å²) in [7, 11) is 0. The molecule has 0 fully saturated rings. The smallest absolute Gasteiger partial charge is 0.0581 e. The van der Waals surface area contributed by atoms with Crippen LogP contribution in [0.25, 0.3) is 0 Å². The lowest BCUT2D eigenvalue weighted by Gasteiger charge is -1.99. The van der Waals surface area contributed by atoms with Gasteiger partial charge in [-0.1, -0.05) is 30.3 Å². The first-order chi connectivity index (χ1) is 7.95. The number of nitrogens with one attached hydrogen (secondary N) is 1. The maximum Gasteiger partial charge on any atom is 0.0581 e. The molecule has 80 valence electrons. The Morgan fingerprint density at radius 1 is 1.06 bits per heavy atom. The standard InChI is InChI=1S/C13H13N3/c1-2-4-12(5-3-1)10-15-16-11-13-6-8-14-9-7-13/h1-10,16H,11H2. The highest BCUT2D eigenvalue weighted by Crippen LogP contribution is 1.95. The van der Waals surface area contributed by atoms with Crippen LogP contribution in [0.3, 0.4) is 0 Å². The van der Waals surface area contributed by atoms with Gasteiger partial charge in [-0.25, -0.2) is 0 Å². The zero-order chi connectivity index (χ0) is 11.1. The van der Waals surface area contributed by atoms with Gasteiger partial charge < -0.3 is 5.43 Å². The van der Waals surface area contributed by atoms with E-state index in [4.69, 9.17) is 0 Å². The first kappa shape index (κ1) is 10.4. The summed E-state index contributed by atoms with van der Waals surface area (Å²) in [5.41, 5.74) is 5.25. The third-order valence-corrected chi connectivity index (χ3v) is 2.14. The molecule has 3 nitrogen and oxygen atoms in total. The Bertz CT molecular complexity index is 437. The average Bonchev–Trinajstić information content (AvgIpc) is 2.37. The fraction of sp³-hybridized carbons (Fsp3) is 0.0769. The van der Waals surface area contributed by atoms with Crippen LogP contribution in [0.2, 0.25) is 0 Å². The van der Waals surface area contributed by atoms with Gasteiger partial charge in [0.25, 0.3) is 0 Å². The molecule has 0 unspecified atom stereocenters. The van der Waals surface area contributed by atoms with Crippen LogP contribution in [0, 0.1) is 0 Å². The number of hydrazone groups is 1. The lowest BCUT2D eigenvalue weighted by atomic mass is 10.2. The first-order valence-electron chi connectivity index (χ1n) is 5.15. The van der Waals surface area contributed by atoms with Crippen LogP contribution >= 0.6 is 0 Å². The van der Waals surface area contributed by atoms with E-state index in [-0.39, 0.29) is 0 Å². The molecule has 0 aliphatic heterocycles. The Morgan fingerprint density at radius 3 is 2.56 bits per heavy atom. The van der Waals surface area contributed by atoms with Gasteiger partial charge in [0, 0.05) is 12.4 Å². The minimum absolute atomic E-state index is 0.714. The molecular formula is C13H13N3. The Balaban J connectivity index is 1.83. The molecule has 2 rings (SSSR count). The van der Waals surface area contributed by atoms with Crippen molar-refractivity contribution in [2.24, 2.45) is 5.10 Å². The predicted octanol–water partition coefficient (Wildman–Crippen LogP) is 2.21. The third kappa shape index (κ3) is 3.20. The van der Waals surface area contributed by atoms with E-state index < -0.39 is 0 Å². The second-order valence-corrected chi connectivity index (χ2v) is 3.36. The number of hydrogen-bond donors (Lipinski definition) is 1. The quantitative estimate of drug-likeness (QED) is 0.622. The molecule has 0 aliphatic rings. The van der Waals surface area contributed by atoms with Gasteiger partial charge in [-0.15, -0.1) is 0 Å². The van der Waals surface area contributed by atoms with Crippen LogP contribution < -0.4 is 5.43 Å².